The van der Waals surface area contributed by atoms with Crippen LogP contribution in [-0.2, 0) is 6.54 Å². The molecule has 0 atom stereocenters. The molecule has 1 saturated heterocycles. The van der Waals surface area contributed by atoms with Crippen LogP contribution in [-0.4, -0.2) is 23.0 Å². The summed E-state index contributed by atoms with van der Waals surface area (Å²) >= 11 is 0. The van der Waals surface area contributed by atoms with Gasteiger partial charge in [0, 0.05) is 19.3 Å². The Morgan fingerprint density at radius 1 is 1.31 bits per heavy atom. The van der Waals surface area contributed by atoms with Crippen LogP contribution in [0.5, 0.6) is 0 Å². The van der Waals surface area contributed by atoms with Crippen molar-refractivity contribution in [2.24, 2.45) is 5.41 Å². The predicted octanol–water partition coefficient (Wildman–Crippen LogP) is 2.04. The monoisotopic (exact) mass is 217 g/mol. The van der Waals surface area contributed by atoms with Gasteiger partial charge >= 0.3 is 0 Å². The molecular formula is C13H19N3. The topological polar surface area (TPSA) is 42.1 Å². The molecule has 1 saturated carbocycles. The fourth-order valence-corrected chi connectivity index (χ4v) is 2.82. The second-order valence-corrected chi connectivity index (χ2v) is 5.41. The summed E-state index contributed by atoms with van der Waals surface area (Å²) in [5.41, 5.74) is 7.58. The second-order valence-electron chi connectivity index (χ2n) is 5.41. The Kier molecular flexibility index (Phi) is 2.36. The molecule has 0 unspecified atom stereocenters. The van der Waals surface area contributed by atoms with E-state index in [0.717, 1.165) is 6.54 Å². The van der Waals surface area contributed by atoms with E-state index in [1.54, 1.807) is 0 Å². The highest BCUT2D eigenvalue weighted by Crippen LogP contribution is 2.52. The van der Waals surface area contributed by atoms with Crippen molar-refractivity contribution in [3.05, 3.63) is 23.9 Å². The normalized spacial score (nSPS) is 23.5. The van der Waals surface area contributed by atoms with Crippen LogP contribution in [0.3, 0.4) is 0 Å². The molecule has 1 aliphatic carbocycles. The SMILES string of the molecule is Nc1ccc(CN2CCCC3(CC3)C2)cn1. The average molecular weight is 217 g/mol. The zero-order chi connectivity index (χ0) is 11.0. The first-order valence-corrected chi connectivity index (χ1v) is 6.19. The highest BCUT2D eigenvalue weighted by Gasteiger charge is 2.45. The van der Waals surface area contributed by atoms with Crippen LogP contribution in [0.1, 0.15) is 31.2 Å². The van der Waals surface area contributed by atoms with Crippen molar-refractivity contribution < 1.29 is 0 Å². The summed E-state index contributed by atoms with van der Waals surface area (Å²) in [6.07, 6.45) is 7.61. The minimum atomic E-state index is 0.612. The van der Waals surface area contributed by atoms with Gasteiger partial charge in [-0.3, -0.25) is 4.90 Å². The number of rotatable bonds is 2. The van der Waals surface area contributed by atoms with Gasteiger partial charge in [0.1, 0.15) is 5.82 Å². The van der Waals surface area contributed by atoms with E-state index in [2.05, 4.69) is 16.0 Å². The van der Waals surface area contributed by atoms with Crippen molar-refractivity contribution in [1.82, 2.24) is 9.88 Å². The smallest absolute Gasteiger partial charge is 0.123 e. The van der Waals surface area contributed by atoms with Crippen LogP contribution in [0, 0.1) is 5.41 Å². The molecule has 0 amide bonds. The van der Waals surface area contributed by atoms with Crippen molar-refractivity contribution in [3.63, 3.8) is 0 Å². The third-order valence-corrected chi connectivity index (χ3v) is 3.95. The number of piperidine rings is 1. The van der Waals surface area contributed by atoms with E-state index in [1.165, 1.54) is 44.3 Å². The summed E-state index contributed by atoms with van der Waals surface area (Å²) in [4.78, 5) is 6.72. The summed E-state index contributed by atoms with van der Waals surface area (Å²) in [5, 5.41) is 0. The largest absolute Gasteiger partial charge is 0.384 e. The molecule has 1 spiro atoms. The first kappa shape index (κ1) is 10.1. The molecule has 3 heteroatoms. The molecule has 0 bridgehead atoms. The summed E-state index contributed by atoms with van der Waals surface area (Å²) in [7, 11) is 0. The minimum absolute atomic E-state index is 0.612. The van der Waals surface area contributed by atoms with Gasteiger partial charge in [0.05, 0.1) is 0 Å². The Morgan fingerprint density at radius 2 is 2.19 bits per heavy atom. The Hall–Kier alpha value is -1.09. The summed E-state index contributed by atoms with van der Waals surface area (Å²) < 4.78 is 0. The molecule has 2 N–H and O–H groups in total. The summed E-state index contributed by atoms with van der Waals surface area (Å²) in [6, 6.07) is 3.99. The maximum Gasteiger partial charge on any atom is 0.123 e. The van der Waals surface area contributed by atoms with E-state index in [9.17, 15) is 0 Å². The fraction of sp³-hybridized carbons (Fsp3) is 0.615. The zero-order valence-corrected chi connectivity index (χ0v) is 9.65. The molecule has 3 nitrogen and oxygen atoms in total. The Bertz CT molecular complexity index is 367. The zero-order valence-electron chi connectivity index (χ0n) is 9.65. The van der Waals surface area contributed by atoms with E-state index >= 15 is 0 Å². The van der Waals surface area contributed by atoms with E-state index in [4.69, 9.17) is 5.73 Å². The molecule has 16 heavy (non-hydrogen) atoms. The van der Waals surface area contributed by atoms with E-state index in [0.29, 0.717) is 11.2 Å². The fourth-order valence-electron chi connectivity index (χ4n) is 2.82. The number of nitrogens with two attached hydrogens (primary N) is 1. The first-order chi connectivity index (χ1) is 7.76. The third kappa shape index (κ3) is 2.05. The van der Waals surface area contributed by atoms with Gasteiger partial charge in [0.2, 0.25) is 0 Å². The lowest BCUT2D eigenvalue weighted by molar-refractivity contribution is 0.154. The van der Waals surface area contributed by atoms with Crippen LogP contribution in [0.25, 0.3) is 0 Å². The maximum atomic E-state index is 5.59. The highest BCUT2D eigenvalue weighted by atomic mass is 15.1. The maximum absolute atomic E-state index is 5.59. The summed E-state index contributed by atoms with van der Waals surface area (Å²) in [6.45, 7) is 3.57. The quantitative estimate of drug-likeness (QED) is 0.824. The Balaban J connectivity index is 1.63. The highest BCUT2D eigenvalue weighted by molar-refractivity contribution is 5.29. The van der Waals surface area contributed by atoms with Crippen molar-refractivity contribution in [2.75, 3.05) is 18.8 Å². The second kappa shape index (κ2) is 3.74. The molecule has 1 aliphatic heterocycles. The van der Waals surface area contributed by atoms with Crippen LogP contribution in [0.4, 0.5) is 5.82 Å². The summed E-state index contributed by atoms with van der Waals surface area (Å²) in [5.74, 6) is 0.612. The van der Waals surface area contributed by atoms with Crippen LogP contribution in [0.2, 0.25) is 0 Å². The number of nitrogen functional groups attached to an aromatic ring is 1. The number of aromatic nitrogens is 1. The predicted molar refractivity (Wildman–Crippen MR) is 64.8 cm³/mol. The Morgan fingerprint density at radius 3 is 2.88 bits per heavy atom. The number of nitrogens with zero attached hydrogens (tertiary/aromatic N) is 2. The molecule has 0 aromatic carbocycles. The number of hydrogen-bond donors (Lipinski definition) is 1. The van der Waals surface area contributed by atoms with Gasteiger partial charge in [-0.05, 0) is 49.3 Å². The molecule has 1 aromatic rings. The van der Waals surface area contributed by atoms with Crippen molar-refractivity contribution in [2.45, 2.75) is 32.2 Å². The van der Waals surface area contributed by atoms with E-state index in [1.807, 2.05) is 12.3 Å². The van der Waals surface area contributed by atoms with Gasteiger partial charge < -0.3 is 5.73 Å². The number of likely N-dealkylation sites (tertiary alicyclic amines) is 1. The molecule has 1 aromatic heterocycles. The molecule has 86 valence electrons. The van der Waals surface area contributed by atoms with Gasteiger partial charge in [-0.1, -0.05) is 6.07 Å². The van der Waals surface area contributed by atoms with E-state index in [-0.39, 0.29) is 0 Å². The number of pyridine rings is 1. The van der Waals surface area contributed by atoms with Gasteiger partial charge in [0.15, 0.2) is 0 Å². The van der Waals surface area contributed by atoms with Crippen LogP contribution >= 0.6 is 0 Å². The molecule has 2 heterocycles. The lowest BCUT2D eigenvalue weighted by Gasteiger charge is -2.32. The molecular weight excluding hydrogens is 198 g/mol. The molecule has 0 radical (unpaired) electrons. The van der Waals surface area contributed by atoms with Crippen LogP contribution in [0.15, 0.2) is 18.3 Å². The van der Waals surface area contributed by atoms with E-state index < -0.39 is 0 Å². The van der Waals surface area contributed by atoms with Gasteiger partial charge in [0.25, 0.3) is 0 Å². The van der Waals surface area contributed by atoms with Crippen molar-refractivity contribution >= 4 is 5.82 Å². The van der Waals surface area contributed by atoms with Crippen molar-refractivity contribution in [3.8, 4) is 0 Å². The Labute approximate surface area is 96.7 Å². The number of anilines is 1. The van der Waals surface area contributed by atoms with Crippen molar-refractivity contribution in [1.29, 1.82) is 0 Å². The van der Waals surface area contributed by atoms with Crippen LogP contribution < -0.4 is 5.73 Å². The van der Waals surface area contributed by atoms with Gasteiger partial charge in [-0.15, -0.1) is 0 Å². The lowest BCUT2D eigenvalue weighted by Crippen LogP contribution is -2.35. The molecule has 2 aliphatic rings. The minimum Gasteiger partial charge on any atom is -0.384 e. The molecule has 3 rings (SSSR count). The third-order valence-electron chi connectivity index (χ3n) is 3.95. The standard InChI is InChI=1S/C13H19N3/c14-12-3-2-11(8-15-12)9-16-7-1-4-13(10-16)5-6-13/h2-3,8H,1,4-7,9-10H2,(H2,14,15). The number of hydrogen-bond acceptors (Lipinski definition) is 3. The van der Waals surface area contributed by atoms with Gasteiger partial charge in [-0.2, -0.15) is 0 Å². The molecule has 2 fully saturated rings. The first-order valence-electron chi connectivity index (χ1n) is 6.19. The van der Waals surface area contributed by atoms with Gasteiger partial charge in [-0.25, -0.2) is 4.98 Å². The lowest BCUT2D eigenvalue weighted by atomic mass is 9.95. The average Bonchev–Trinajstić information content (AvgIpc) is 3.01.